The molecule has 2 aromatic heterocycles. The van der Waals surface area contributed by atoms with Gasteiger partial charge >= 0.3 is 0 Å². The molecule has 0 aliphatic heterocycles. The van der Waals surface area contributed by atoms with Crippen LogP contribution in [0.4, 0.5) is 11.5 Å². The second-order valence-corrected chi connectivity index (χ2v) is 4.30. The van der Waals surface area contributed by atoms with E-state index in [2.05, 4.69) is 41.5 Å². The van der Waals surface area contributed by atoms with E-state index in [-0.39, 0.29) is 11.6 Å². The third kappa shape index (κ3) is 3.01. The summed E-state index contributed by atoms with van der Waals surface area (Å²) in [6.45, 7) is 0. The van der Waals surface area contributed by atoms with Crippen molar-refractivity contribution in [1.29, 1.82) is 0 Å². The highest BCUT2D eigenvalue weighted by atomic mass is 79.9. The van der Waals surface area contributed by atoms with Crippen LogP contribution in [0.15, 0.2) is 35.3 Å². The van der Waals surface area contributed by atoms with E-state index in [0.717, 1.165) is 4.47 Å². The fourth-order valence-electron chi connectivity index (χ4n) is 1.25. The molecule has 2 heterocycles. The van der Waals surface area contributed by atoms with Crippen molar-refractivity contribution in [2.24, 2.45) is 0 Å². The van der Waals surface area contributed by atoms with Gasteiger partial charge in [0.2, 0.25) is 0 Å². The van der Waals surface area contributed by atoms with Crippen molar-refractivity contribution in [3.05, 3.63) is 41.0 Å². The van der Waals surface area contributed by atoms with Crippen LogP contribution in [-0.2, 0) is 0 Å². The Morgan fingerprint density at radius 2 is 2.06 bits per heavy atom. The molecule has 7 heteroatoms. The first kappa shape index (κ1) is 12.4. The average Bonchev–Trinajstić information content (AvgIpc) is 2.39. The predicted molar refractivity (Wildman–Crippen MR) is 71.5 cm³/mol. The number of nitrogens with zero attached hydrogens (tertiary/aromatic N) is 3. The van der Waals surface area contributed by atoms with Crippen LogP contribution in [-0.4, -0.2) is 27.9 Å². The molecule has 0 aliphatic rings. The zero-order valence-corrected chi connectivity index (χ0v) is 11.1. The minimum Gasteiger partial charge on any atom is -0.372 e. The first-order chi connectivity index (χ1) is 8.69. The number of aromatic nitrogens is 3. The minimum absolute atomic E-state index is 0.244. The van der Waals surface area contributed by atoms with Gasteiger partial charge in [-0.1, -0.05) is 0 Å². The topological polar surface area (TPSA) is 79.8 Å². The van der Waals surface area contributed by atoms with Gasteiger partial charge in [0, 0.05) is 17.7 Å². The molecule has 2 N–H and O–H groups in total. The molecule has 0 atom stereocenters. The van der Waals surface area contributed by atoms with Gasteiger partial charge in [0.15, 0.2) is 0 Å². The zero-order valence-electron chi connectivity index (χ0n) is 9.51. The minimum atomic E-state index is -0.329. The quantitative estimate of drug-likeness (QED) is 0.905. The third-order valence-electron chi connectivity index (χ3n) is 2.10. The number of anilines is 2. The summed E-state index contributed by atoms with van der Waals surface area (Å²) in [5.41, 5.74) is 0.836. The number of hydrogen-bond acceptors (Lipinski definition) is 5. The molecule has 2 aromatic rings. The molecule has 2 rings (SSSR count). The Balaban J connectivity index is 2.11. The average molecular weight is 308 g/mol. The van der Waals surface area contributed by atoms with Crippen LogP contribution in [0.3, 0.4) is 0 Å². The summed E-state index contributed by atoms with van der Waals surface area (Å²) in [5, 5.41) is 5.51. The number of pyridine rings is 1. The standard InChI is InChI=1S/C11H10BrN5O/c1-13-10-6-15-9(5-16-10)11(18)17-8-2-7(12)3-14-4-8/h2-6H,1H3,(H,13,16)(H,17,18). The summed E-state index contributed by atoms with van der Waals surface area (Å²) in [4.78, 5) is 23.8. The molecule has 6 nitrogen and oxygen atoms in total. The van der Waals surface area contributed by atoms with Gasteiger partial charge in [-0.05, 0) is 22.0 Å². The Hall–Kier alpha value is -2.02. The van der Waals surface area contributed by atoms with Gasteiger partial charge in [0.1, 0.15) is 11.5 Å². The van der Waals surface area contributed by atoms with Crippen molar-refractivity contribution in [2.75, 3.05) is 17.7 Å². The smallest absolute Gasteiger partial charge is 0.275 e. The third-order valence-corrected chi connectivity index (χ3v) is 2.54. The van der Waals surface area contributed by atoms with Crippen molar-refractivity contribution < 1.29 is 4.79 Å². The van der Waals surface area contributed by atoms with Crippen molar-refractivity contribution in [1.82, 2.24) is 15.0 Å². The number of halogens is 1. The number of nitrogens with one attached hydrogen (secondary N) is 2. The van der Waals surface area contributed by atoms with E-state index < -0.39 is 0 Å². The van der Waals surface area contributed by atoms with Gasteiger partial charge in [-0.25, -0.2) is 9.97 Å². The summed E-state index contributed by atoms with van der Waals surface area (Å²) in [7, 11) is 1.73. The van der Waals surface area contributed by atoms with Gasteiger partial charge in [-0.15, -0.1) is 0 Å². The van der Waals surface area contributed by atoms with E-state index in [0.29, 0.717) is 11.5 Å². The van der Waals surface area contributed by atoms with Gasteiger partial charge in [-0.2, -0.15) is 0 Å². The molecule has 0 spiro atoms. The number of carbonyl (C=O) groups excluding carboxylic acids is 1. The molecule has 0 bridgehead atoms. The fourth-order valence-corrected chi connectivity index (χ4v) is 1.61. The van der Waals surface area contributed by atoms with E-state index in [9.17, 15) is 4.79 Å². The van der Waals surface area contributed by atoms with Crippen molar-refractivity contribution in [3.63, 3.8) is 0 Å². The molecule has 0 saturated carbocycles. The van der Waals surface area contributed by atoms with Gasteiger partial charge in [0.05, 0.1) is 24.3 Å². The predicted octanol–water partition coefficient (Wildman–Crippen LogP) is 1.93. The molecule has 0 aliphatic carbocycles. The lowest BCUT2D eigenvalue weighted by atomic mass is 10.3. The highest BCUT2D eigenvalue weighted by Crippen LogP contribution is 2.14. The normalized spacial score (nSPS) is 9.89. The molecule has 18 heavy (non-hydrogen) atoms. The highest BCUT2D eigenvalue weighted by Gasteiger charge is 2.08. The molecule has 0 aromatic carbocycles. The van der Waals surface area contributed by atoms with Gasteiger partial charge < -0.3 is 10.6 Å². The van der Waals surface area contributed by atoms with E-state index >= 15 is 0 Å². The first-order valence-corrected chi connectivity index (χ1v) is 5.90. The van der Waals surface area contributed by atoms with E-state index in [1.807, 2.05) is 0 Å². The molecule has 0 unspecified atom stereocenters. The lowest BCUT2D eigenvalue weighted by Crippen LogP contribution is -2.14. The maximum Gasteiger partial charge on any atom is 0.275 e. The SMILES string of the molecule is CNc1cnc(C(=O)Nc2cncc(Br)c2)cn1. The van der Waals surface area contributed by atoms with Crippen LogP contribution in [0.2, 0.25) is 0 Å². The molecule has 1 amide bonds. The van der Waals surface area contributed by atoms with Crippen molar-refractivity contribution >= 4 is 33.3 Å². The zero-order chi connectivity index (χ0) is 13.0. The van der Waals surface area contributed by atoms with Crippen LogP contribution in [0, 0.1) is 0 Å². The Kier molecular flexibility index (Phi) is 3.83. The van der Waals surface area contributed by atoms with Gasteiger partial charge in [-0.3, -0.25) is 9.78 Å². The molecule has 0 saturated heterocycles. The molecule has 0 fully saturated rings. The molecular weight excluding hydrogens is 298 g/mol. The van der Waals surface area contributed by atoms with Crippen molar-refractivity contribution in [3.8, 4) is 0 Å². The van der Waals surface area contributed by atoms with Crippen LogP contribution in [0.5, 0.6) is 0 Å². The second kappa shape index (κ2) is 5.54. The maximum absolute atomic E-state index is 11.8. The fraction of sp³-hybridized carbons (Fsp3) is 0.0909. The van der Waals surface area contributed by atoms with Crippen LogP contribution in [0.1, 0.15) is 10.5 Å². The van der Waals surface area contributed by atoms with Crippen LogP contribution < -0.4 is 10.6 Å². The summed E-state index contributed by atoms with van der Waals surface area (Å²) < 4.78 is 0.789. The number of hydrogen-bond donors (Lipinski definition) is 2. The summed E-state index contributed by atoms with van der Waals surface area (Å²) >= 11 is 3.28. The summed E-state index contributed by atoms with van der Waals surface area (Å²) in [6.07, 6.45) is 6.09. The Morgan fingerprint density at radius 3 is 2.67 bits per heavy atom. The largest absolute Gasteiger partial charge is 0.372 e. The Morgan fingerprint density at radius 1 is 1.22 bits per heavy atom. The number of rotatable bonds is 3. The Labute approximate surface area is 112 Å². The highest BCUT2D eigenvalue weighted by molar-refractivity contribution is 9.10. The van der Waals surface area contributed by atoms with Gasteiger partial charge in [0.25, 0.3) is 5.91 Å². The Bertz CT molecular complexity index is 558. The monoisotopic (exact) mass is 307 g/mol. The molecular formula is C11H10BrN5O. The summed E-state index contributed by atoms with van der Waals surface area (Å²) in [5.74, 6) is 0.278. The lowest BCUT2D eigenvalue weighted by molar-refractivity contribution is 0.102. The number of carbonyl (C=O) groups is 1. The first-order valence-electron chi connectivity index (χ1n) is 5.11. The van der Waals surface area contributed by atoms with Crippen molar-refractivity contribution in [2.45, 2.75) is 0 Å². The molecule has 0 radical (unpaired) electrons. The molecule has 92 valence electrons. The second-order valence-electron chi connectivity index (χ2n) is 3.38. The number of amides is 1. The van der Waals surface area contributed by atoms with E-state index in [4.69, 9.17) is 0 Å². The maximum atomic E-state index is 11.8. The van der Waals surface area contributed by atoms with Crippen LogP contribution in [0.25, 0.3) is 0 Å². The van der Waals surface area contributed by atoms with Crippen LogP contribution >= 0.6 is 15.9 Å². The van der Waals surface area contributed by atoms with E-state index in [1.54, 1.807) is 25.5 Å². The van der Waals surface area contributed by atoms with E-state index in [1.165, 1.54) is 12.4 Å². The lowest BCUT2D eigenvalue weighted by Gasteiger charge is -2.04. The summed E-state index contributed by atoms with van der Waals surface area (Å²) in [6, 6.07) is 1.75.